The van der Waals surface area contributed by atoms with Crippen LogP contribution in [0.1, 0.15) is 25.8 Å². The molecule has 1 unspecified atom stereocenters. The summed E-state index contributed by atoms with van der Waals surface area (Å²) in [4.78, 5) is 22.3. The van der Waals surface area contributed by atoms with Crippen LogP contribution in [0.3, 0.4) is 0 Å². The second-order valence-corrected chi connectivity index (χ2v) is 5.49. The molecule has 1 aromatic carbocycles. The number of carbonyl (C=O) groups is 2. The summed E-state index contributed by atoms with van der Waals surface area (Å²) in [5, 5.41) is 15.6. The van der Waals surface area contributed by atoms with E-state index in [0.29, 0.717) is 6.42 Å². The normalized spacial score (nSPS) is 13.4. The Morgan fingerprint density at radius 2 is 1.85 bits per heavy atom. The van der Waals surface area contributed by atoms with Crippen molar-refractivity contribution < 1.29 is 14.7 Å². The van der Waals surface area contributed by atoms with Gasteiger partial charge in [0, 0.05) is 11.4 Å². The second kappa shape index (κ2) is 7.40. The largest absolute Gasteiger partial charge is 0.383 e. The van der Waals surface area contributed by atoms with Gasteiger partial charge in [-0.2, -0.15) is 0 Å². The van der Waals surface area contributed by atoms with Crippen LogP contribution < -0.4 is 10.6 Å². The molecular formula is C14H19BrN2O3. The van der Waals surface area contributed by atoms with E-state index in [1.165, 1.54) is 6.92 Å². The van der Waals surface area contributed by atoms with Crippen LogP contribution in [0, 0.1) is 0 Å². The predicted octanol–water partition coefficient (Wildman–Crippen LogP) is 1.30. The van der Waals surface area contributed by atoms with Crippen LogP contribution in [-0.2, 0) is 15.2 Å². The Labute approximate surface area is 126 Å². The molecule has 0 spiro atoms. The first-order chi connectivity index (χ1) is 9.37. The van der Waals surface area contributed by atoms with Crippen LogP contribution in [-0.4, -0.2) is 30.0 Å². The van der Waals surface area contributed by atoms with Crippen molar-refractivity contribution in [2.45, 2.75) is 25.9 Å². The predicted molar refractivity (Wildman–Crippen MR) is 80.0 cm³/mol. The molecule has 0 aromatic heterocycles. The molecular weight excluding hydrogens is 324 g/mol. The van der Waals surface area contributed by atoms with E-state index in [1.54, 1.807) is 0 Å². The zero-order valence-electron chi connectivity index (χ0n) is 11.6. The van der Waals surface area contributed by atoms with E-state index in [2.05, 4.69) is 26.6 Å². The van der Waals surface area contributed by atoms with Crippen molar-refractivity contribution in [2.75, 3.05) is 13.1 Å². The summed E-state index contributed by atoms with van der Waals surface area (Å²) in [7, 11) is 0. The van der Waals surface area contributed by atoms with E-state index in [4.69, 9.17) is 0 Å². The van der Waals surface area contributed by atoms with Gasteiger partial charge in [0.1, 0.15) is 5.60 Å². The van der Waals surface area contributed by atoms with Gasteiger partial charge in [-0.1, -0.05) is 35.0 Å². The van der Waals surface area contributed by atoms with Crippen molar-refractivity contribution >= 4 is 27.7 Å². The topological polar surface area (TPSA) is 78.4 Å². The SMILES string of the molecule is CCC(O)(CNC(=O)CNC(C)=O)c1ccc(Br)cc1. The molecule has 0 fully saturated rings. The van der Waals surface area contributed by atoms with Crippen LogP contribution >= 0.6 is 15.9 Å². The van der Waals surface area contributed by atoms with Crippen molar-refractivity contribution in [3.8, 4) is 0 Å². The van der Waals surface area contributed by atoms with Gasteiger partial charge in [0.05, 0.1) is 13.1 Å². The van der Waals surface area contributed by atoms with Gasteiger partial charge in [0.2, 0.25) is 11.8 Å². The molecule has 0 heterocycles. The van der Waals surface area contributed by atoms with Crippen molar-refractivity contribution in [1.82, 2.24) is 10.6 Å². The lowest BCUT2D eigenvalue weighted by atomic mass is 9.91. The highest BCUT2D eigenvalue weighted by Gasteiger charge is 2.27. The van der Waals surface area contributed by atoms with Crippen LogP contribution in [0.4, 0.5) is 0 Å². The first-order valence-corrected chi connectivity index (χ1v) is 7.16. The number of hydrogen-bond donors (Lipinski definition) is 3. The Kier molecular flexibility index (Phi) is 6.16. The maximum absolute atomic E-state index is 11.6. The van der Waals surface area contributed by atoms with E-state index in [9.17, 15) is 14.7 Å². The number of amides is 2. The number of nitrogens with one attached hydrogen (secondary N) is 2. The van der Waals surface area contributed by atoms with Crippen molar-refractivity contribution in [3.05, 3.63) is 34.3 Å². The lowest BCUT2D eigenvalue weighted by molar-refractivity contribution is -0.125. The lowest BCUT2D eigenvalue weighted by Gasteiger charge is -2.27. The monoisotopic (exact) mass is 342 g/mol. The molecule has 6 heteroatoms. The van der Waals surface area contributed by atoms with Gasteiger partial charge < -0.3 is 15.7 Å². The van der Waals surface area contributed by atoms with Crippen molar-refractivity contribution in [1.29, 1.82) is 0 Å². The third-order valence-corrected chi connectivity index (χ3v) is 3.57. The number of benzene rings is 1. The molecule has 0 radical (unpaired) electrons. The van der Waals surface area contributed by atoms with Gasteiger partial charge in [-0.15, -0.1) is 0 Å². The van der Waals surface area contributed by atoms with Crippen LogP contribution in [0.15, 0.2) is 28.7 Å². The van der Waals surface area contributed by atoms with Gasteiger partial charge in [-0.05, 0) is 24.1 Å². The molecule has 5 nitrogen and oxygen atoms in total. The van der Waals surface area contributed by atoms with Crippen LogP contribution in [0.2, 0.25) is 0 Å². The van der Waals surface area contributed by atoms with Crippen LogP contribution in [0.5, 0.6) is 0 Å². The highest BCUT2D eigenvalue weighted by Crippen LogP contribution is 2.25. The molecule has 20 heavy (non-hydrogen) atoms. The minimum Gasteiger partial charge on any atom is -0.383 e. The van der Waals surface area contributed by atoms with E-state index in [-0.39, 0.29) is 24.9 Å². The second-order valence-electron chi connectivity index (χ2n) is 4.58. The summed E-state index contributed by atoms with van der Waals surface area (Å²) in [6.07, 6.45) is 0.467. The molecule has 1 rings (SSSR count). The summed E-state index contributed by atoms with van der Waals surface area (Å²) in [6, 6.07) is 7.31. The summed E-state index contributed by atoms with van der Waals surface area (Å²) in [5.41, 5.74) is -0.380. The first kappa shape index (κ1) is 16.7. The molecule has 0 saturated carbocycles. The van der Waals surface area contributed by atoms with Crippen molar-refractivity contribution in [3.63, 3.8) is 0 Å². The number of rotatable bonds is 6. The first-order valence-electron chi connectivity index (χ1n) is 6.37. The highest BCUT2D eigenvalue weighted by molar-refractivity contribution is 9.10. The number of hydrogen-bond acceptors (Lipinski definition) is 3. The van der Waals surface area contributed by atoms with Gasteiger partial charge in [-0.25, -0.2) is 0 Å². The molecule has 0 aliphatic rings. The zero-order chi connectivity index (χ0) is 15.2. The minimum atomic E-state index is -1.12. The third-order valence-electron chi connectivity index (χ3n) is 3.04. The number of halogens is 1. The average molecular weight is 343 g/mol. The number of aliphatic hydroxyl groups is 1. The van der Waals surface area contributed by atoms with Crippen molar-refractivity contribution in [2.24, 2.45) is 0 Å². The fourth-order valence-corrected chi connectivity index (χ4v) is 1.97. The van der Waals surface area contributed by atoms with E-state index < -0.39 is 5.60 Å². The summed E-state index contributed by atoms with van der Waals surface area (Å²) >= 11 is 3.34. The highest BCUT2D eigenvalue weighted by atomic mass is 79.9. The fourth-order valence-electron chi connectivity index (χ4n) is 1.70. The van der Waals surface area contributed by atoms with Crippen LogP contribution in [0.25, 0.3) is 0 Å². The molecule has 3 N–H and O–H groups in total. The Morgan fingerprint density at radius 3 is 2.35 bits per heavy atom. The Balaban J connectivity index is 2.63. The summed E-state index contributed by atoms with van der Waals surface area (Å²) < 4.78 is 0.925. The van der Waals surface area contributed by atoms with Gasteiger partial charge >= 0.3 is 0 Å². The van der Waals surface area contributed by atoms with Gasteiger partial charge in [0.15, 0.2) is 0 Å². The third kappa shape index (κ3) is 4.94. The smallest absolute Gasteiger partial charge is 0.239 e. The quantitative estimate of drug-likeness (QED) is 0.729. The van der Waals surface area contributed by atoms with E-state index in [0.717, 1.165) is 10.0 Å². The molecule has 2 amide bonds. The maximum atomic E-state index is 11.6. The Hall–Kier alpha value is -1.40. The molecule has 1 aromatic rings. The molecule has 0 bridgehead atoms. The summed E-state index contributed by atoms with van der Waals surface area (Å²) in [6.45, 7) is 3.21. The lowest BCUT2D eigenvalue weighted by Crippen LogP contribution is -2.44. The van der Waals surface area contributed by atoms with E-state index in [1.807, 2.05) is 31.2 Å². The molecule has 0 aliphatic heterocycles. The standard InChI is InChI=1S/C14H19BrN2O3/c1-3-14(20,11-4-6-12(15)7-5-11)9-17-13(19)8-16-10(2)18/h4-7,20H,3,8-9H2,1-2H3,(H,16,18)(H,17,19). The number of carbonyl (C=O) groups excluding carboxylic acids is 2. The fraction of sp³-hybridized carbons (Fsp3) is 0.429. The molecule has 1 atom stereocenters. The molecule has 0 aliphatic carbocycles. The Morgan fingerprint density at radius 1 is 1.25 bits per heavy atom. The Bertz CT molecular complexity index is 476. The van der Waals surface area contributed by atoms with Gasteiger partial charge in [-0.3, -0.25) is 9.59 Å². The molecule has 0 saturated heterocycles. The minimum absolute atomic E-state index is 0.0878. The zero-order valence-corrected chi connectivity index (χ0v) is 13.2. The molecule has 110 valence electrons. The maximum Gasteiger partial charge on any atom is 0.239 e. The van der Waals surface area contributed by atoms with Gasteiger partial charge in [0.25, 0.3) is 0 Å². The average Bonchev–Trinajstić information content (AvgIpc) is 2.43. The summed E-state index contributed by atoms with van der Waals surface area (Å²) in [5.74, 6) is -0.594. The van der Waals surface area contributed by atoms with E-state index >= 15 is 0 Å².